The lowest BCUT2D eigenvalue weighted by Crippen LogP contribution is -2.06. The van der Waals surface area contributed by atoms with E-state index < -0.39 is 0 Å². The minimum atomic E-state index is 0.235. The number of carbonyl (C=O) groups is 1. The molecule has 0 aliphatic carbocycles. The summed E-state index contributed by atoms with van der Waals surface area (Å²) < 4.78 is 4.88. The third-order valence-corrected chi connectivity index (χ3v) is 2.63. The van der Waals surface area contributed by atoms with Gasteiger partial charge in [0.2, 0.25) is 0 Å². The number of Topliss-reactive ketones (excluding diaryl/α,β-unsaturated/α-hetero) is 1. The second-order valence-corrected chi connectivity index (χ2v) is 4.35. The SMILES string of the molecule is COCCC(=O)Cc1ccc(C(C)C)cc1. The summed E-state index contributed by atoms with van der Waals surface area (Å²) in [5.41, 5.74) is 2.40. The van der Waals surface area contributed by atoms with E-state index in [2.05, 4.69) is 26.0 Å². The summed E-state index contributed by atoms with van der Waals surface area (Å²) in [4.78, 5) is 11.5. The Morgan fingerprint density at radius 2 is 1.88 bits per heavy atom. The molecule has 16 heavy (non-hydrogen) atoms. The quantitative estimate of drug-likeness (QED) is 0.736. The molecule has 0 heterocycles. The van der Waals surface area contributed by atoms with Crippen LogP contribution >= 0.6 is 0 Å². The lowest BCUT2D eigenvalue weighted by Gasteiger charge is -2.06. The van der Waals surface area contributed by atoms with Crippen LogP contribution in [0.2, 0.25) is 0 Å². The average molecular weight is 220 g/mol. The van der Waals surface area contributed by atoms with Crippen molar-refractivity contribution in [3.63, 3.8) is 0 Å². The highest BCUT2D eigenvalue weighted by Gasteiger charge is 2.04. The Hall–Kier alpha value is -1.15. The Kier molecular flexibility index (Phi) is 5.20. The van der Waals surface area contributed by atoms with Gasteiger partial charge in [0.05, 0.1) is 6.61 Å². The largest absolute Gasteiger partial charge is 0.384 e. The van der Waals surface area contributed by atoms with Crippen molar-refractivity contribution < 1.29 is 9.53 Å². The molecule has 0 radical (unpaired) electrons. The summed E-state index contributed by atoms with van der Waals surface area (Å²) >= 11 is 0. The van der Waals surface area contributed by atoms with Crippen LogP contribution < -0.4 is 0 Å². The van der Waals surface area contributed by atoms with Gasteiger partial charge in [0.1, 0.15) is 5.78 Å². The zero-order chi connectivity index (χ0) is 12.0. The zero-order valence-corrected chi connectivity index (χ0v) is 10.3. The van der Waals surface area contributed by atoms with Crippen LogP contribution in [0.4, 0.5) is 0 Å². The molecule has 2 nitrogen and oxygen atoms in total. The van der Waals surface area contributed by atoms with Crippen molar-refractivity contribution in [2.24, 2.45) is 0 Å². The van der Waals surface area contributed by atoms with Crippen LogP contribution in [0.3, 0.4) is 0 Å². The molecule has 0 saturated carbocycles. The Balaban J connectivity index is 2.51. The zero-order valence-electron chi connectivity index (χ0n) is 10.3. The first kappa shape index (κ1) is 12.9. The van der Waals surface area contributed by atoms with Crippen molar-refractivity contribution in [2.75, 3.05) is 13.7 Å². The minimum absolute atomic E-state index is 0.235. The Bertz CT molecular complexity index is 325. The molecule has 2 heteroatoms. The monoisotopic (exact) mass is 220 g/mol. The summed E-state index contributed by atoms with van der Waals surface area (Å²) in [7, 11) is 1.62. The molecule has 0 bridgehead atoms. The van der Waals surface area contributed by atoms with Gasteiger partial charge in [0, 0.05) is 20.0 Å². The van der Waals surface area contributed by atoms with Gasteiger partial charge in [-0.05, 0) is 17.0 Å². The molecule has 0 aliphatic rings. The van der Waals surface area contributed by atoms with Gasteiger partial charge in [-0.3, -0.25) is 4.79 Å². The van der Waals surface area contributed by atoms with Crippen LogP contribution in [-0.4, -0.2) is 19.5 Å². The van der Waals surface area contributed by atoms with Crippen LogP contribution in [0.5, 0.6) is 0 Å². The van der Waals surface area contributed by atoms with E-state index in [4.69, 9.17) is 4.74 Å². The van der Waals surface area contributed by atoms with Gasteiger partial charge in [-0.15, -0.1) is 0 Å². The lowest BCUT2D eigenvalue weighted by molar-refractivity contribution is -0.119. The van der Waals surface area contributed by atoms with Crippen molar-refractivity contribution in [2.45, 2.75) is 32.6 Å². The smallest absolute Gasteiger partial charge is 0.139 e. The van der Waals surface area contributed by atoms with Gasteiger partial charge < -0.3 is 4.74 Å². The topological polar surface area (TPSA) is 26.3 Å². The standard InChI is InChI=1S/C14H20O2/c1-11(2)13-6-4-12(5-7-13)10-14(15)8-9-16-3/h4-7,11H,8-10H2,1-3H3. The van der Waals surface area contributed by atoms with Gasteiger partial charge in [-0.2, -0.15) is 0 Å². The van der Waals surface area contributed by atoms with Crippen LogP contribution in [0.15, 0.2) is 24.3 Å². The predicted octanol–water partition coefficient (Wildman–Crippen LogP) is 2.96. The average Bonchev–Trinajstić information content (AvgIpc) is 2.27. The van der Waals surface area contributed by atoms with Gasteiger partial charge in [-0.25, -0.2) is 0 Å². The highest BCUT2D eigenvalue weighted by atomic mass is 16.5. The van der Waals surface area contributed by atoms with E-state index in [1.807, 2.05) is 12.1 Å². The lowest BCUT2D eigenvalue weighted by atomic mass is 10.00. The van der Waals surface area contributed by atoms with E-state index in [9.17, 15) is 4.79 Å². The fourth-order valence-electron chi connectivity index (χ4n) is 1.55. The molecule has 1 rings (SSSR count). The third kappa shape index (κ3) is 4.15. The Morgan fingerprint density at radius 3 is 2.38 bits per heavy atom. The second-order valence-electron chi connectivity index (χ2n) is 4.35. The Morgan fingerprint density at radius 1 is 1.25 bits per heavy atom. The molecule has 88 valence electrons. The van der Waals surface area contributed by atoms with E-state index in [0.29, 0.717) is 25.4 Å². The number of ketones is 1. The summed E-state index contributed by atoms with van der Waals surface area (Å²) in [6.45, 7) is 4.85. The number of hydrogen-bond acceptors (Lipinski definition) is 2. The number of rotatable bonds is 6. The molecule has 1 aromatic carbocycles. The molecule has 0 spiro atoms. The van der Waals surface area contributed by atoms with Crippen molar-refractivity contribution >= 4 is 5.78 Å². The first-order valence-electron chi connectivity index (χ1n) is 5.73. The van der Waals surface area contributed by atoms with Crippen LogP contribution in [0.1, 0.15) is 37.3 Å². The van der Waals surface area contributed by atoms with Gasteiger partial charge in [0.25, 0.3) is 0 Å². The second kappa shape index (κ2) is 6.44. The van der Waals surface area contributed by atoms with Gasteiger partial charge in [-0.1, -0.05) is 38.1 Å². The number of methoxy groups -OCH3 is 1. The Labute approximate surface area is 97.6 Å². The molecule has 0 N–H and O–H groups in total. The normalized spacial score (nSPS) is 10.8. The van der Waals surface area contributed by atoms with Crippen LogP contribution in [0.25, 0.3) is 0 Å². The van der Waals surface area contributed by atoms with E-state index in [1.165, 1.54) is 5.56 Å². The summed E-state index contributed by atoms with van der Waals surface area (Å²) in [6.07, 6.45) is 1.02. The molecule has 0 fully saturated rings. The minimum Gasteiger partial charge on any atom is -0.384 e. The molecule has 0 atom stereocenters. The molecular formula is C14H20O2. The van der Waals surface area contributed by atoms with Crippen LogP contribution in [0, 0.1) is 0 Å². The summed E-state index contributed by atoms with van der Waals surface area (Å²) in [5.74, 6) is 0.775. The fourth-order valence-corrected chi connectivity index (χ4v) is 1.55. The van der Waals surface area contributed by atoms with Gasteiger partial charge >= 0.3 is 0 Å². The number of carbonyl (C=O) groups excluding carboxylic acids is 1. The third-order valence-electron chi connectivity index (χ3n) is 2.63. The van der Waals surface area contributed by atoms with E-state index >= 15 is 0 Å². The van der Waals surface area contributed by atoms with Crippen molar-refractivity contribution in [3.8, 4) is 0 Å². The fraction of sp³-hybridized carbons (Fsp3) is 0.500. The van der Waals surface area contributed by atoms with Crippen molar-refractivity contribution in [3.05, 3.63) is 35.4 Å². The molecule has 0 amide bonds. The summed E-state index contributed by atoms with van der Waals surface area (Å²) in [5, 5.41) is 0. The molecular weight excluding hydrogens is 200 g/mol. The van der Waals surface area contributed by atoms with Crippen LogP contribution in [-0.2, 0) is 16.0 Å². The highest BCUT2D eigenvalue weighted by Crippen LogP contribution is 2.15. The van der Waals surface area contributed by atoms with E-state index in [1.54, 1.807) is 7.11 Å². The highest BCUT2D eigenvalue weighted by molar-refractivity contribution is 5.80. The number of hydrogen-bond donors (Lipinski definition) is 0. The maximum atomic E-state index is 11.5. The number of ether oxygens (including phenoxy) is 1. The van der Waals surface area contributed by atoms with Crippen molar-refractivity contribution in [1.29, 1.82) is 0 Å². The summed E-state index contributed by atoms with van der Waals surface area (Å²) in [6, 6.07) is 8.28. The first-order chi connectivity index (χ1) is 7.63. The van der Waals surface area contributed by atoms with Crippen molar-refractivity contribution in [1.82, 2.24) is 0 Å². The molecule has 0 aliphatic heterocycles. The maximum Gasteiger partial charge on any atom is 0.139 e. The maximum absolute atomic E-state index is 11.5. The predicted molar refractivity (Wildman–Crippen MR) is 65.7 cm³/mol. The van der Waals surface area contributed by atoms with Gasteiger partial charge in [0.15, 0.2) is 0 Å². The molecule has 0 saturated heterocycles. The number of benzene rings is 1. The first-order valence-corrected chi connectivity index (χ1v) is 5.73. The molecule has 1 aromatic rings. The van der Waals surface area contributed by atoms with E-state index in [0.717, 1.165) is 5.56 Å². The van der Waals surface area contributed by atoms with E-state index in [-0.39, 0.29) is 5.78 Å². The molecule has 0 aromatic heterocycles. The molecule has 0 unspecified atom stereocenters.